The van der Waals surface area contributed by atoms with Gasteiger partial charge in [0.1, 0.15) is 17.7 Å². The first kappa shape index (κ1) is 16.0. The van der Waals surface area contributed by atoms with Gasteiger partial charge in [0.2, 0.25) is 0 Å². The minimum Gasteiger partial charge on any atom is -0.444 e. The number of carbonyl (C=O) groups excluding carboxylic acids is 1. The molecule has 0 saturated heterocycles. The molecule has 0 radical (unpaired) electrons. The van der Waals surface area contributed by atoms with Crippen molar-refractivity contribution in [3.8, 4) is 5.82 Å². The molecule has 1 amide bonds. The predicted octanol–water partition coefficient (Wildman–Crippen LogP) is 3.45. The van der Waals surface area contributed by atoms with Crippen molar-refractivity contribution in [3.05, 3.63) is 54.6 Å². The fraction of sp³-hybridized carbons (Fsp3) is 0.278. The van der Waals surface area contributed by atoms with E-state index in [2.05, 4.69) is 21.4 Å². The highest BCUT2D eigenvalue weighted by Gasteiger charge is 2.16. The molecule has 0 unspecified atom stereocenters. The van der Waals surface area contributed by atoms with E-state index in [0.717, 1.165) is 16.7 Å². The summed E-state index contributed by atoms with van der Waals surface area (Å²) in [6, 6.07) is 12.0. The number of aromatic nitrogens is 3. The summed E-state index contributed by atoms with van der Waals surface area (Å²) in [4.78, 5) is 20.3. The zero-order valence-electron chi connectivity index (χ0n) is 14.0. The van der Waals surface area contributed by atoms with Crippen molar-refractivity contribution in [1.29, 1.82) is 0 Å². The van der Waals surface area contributed by atoms with Gasteiger partial charge in [-0.3, -0.25) is 0 Å². The first-order chi connectivity index (χ1) is 11.4. The number of carbonyl (C=O) groups is 1. The zero-order valence-corrected chi connectivity index (χ0v) is 14.0. The van der Waals surface area contributed by atoms with E-state index in [4.69, 9.17) is 4.74 Å². The monoisotopic (exact) mass is 324 g/mol. The van der Waals surface area contributed by atoms with Gasteiger partial charge in [0, 0.05) is 12.3 Å². The summed E-state index contributed by atoms with van der Waals surface area (Å²) < 4.78 is 7.21. The van der Waals surface area contributed by atoms with Gasteiger partial charge in [-0.05, 0) is 38.3 Å². The minimum atomic E-state index is -0.523. The van der Waals surface area contributed by atoms with E-state index in [0.29, 0.717) is 5.69 Å². The van der Waals surface area contributed by atoms with E-state index in [-0.39, 0.29) is 6.54 Å². The Bertz CT molecular complexity index is 865. The number of nitrogens with one attached hydrogen (secondary N) is 1. The molecule has 24 heavy (non-hydrogen) atoms. The van der Waals surface area contributed by atoms with E-state index in [1.165, 1.54) is 6.33 Å². The largest absolute Gasteiger partial charge is 0.444 e. The number of amides is 1. The van der Waals surface area contributed by atoms with E-state index in [9.17, 15) is 4.79 Å². The van der Waals surface area contributed by atoms with Gasteiger partial charge < -0.3 is 14.6 Å². The van der Waals surface area contributed by atoms with Gasteiger partial charge >= 0.3 is 6.09 Å². The van der Waals surface area contributed by atoms with Crippen LogP contribution >= 0.6 is 0 Å². The van der Waals surface area contributed by atoms with Crippen LogP contribution in [-0.2, 0) is 11.3 Å². The van der Waals surface area contributed by atoms with Gasteiger partial charge in [0.05, 0.1) is 17.8 Å². The summed E-state index contributed by atoms with van der Waals surface area (Å²) in [5, 5.41) is 3.85. The highest BCUT2D eigenvalue weighted by atomic mass is 16.6. The molecular formula is C18H20N4O2. The summed E-state index contributed by atoms with van der Waals surface area (Å²) in [6.45, 7) is 5.76. The van der Waals surface area contributed by atoms with Crippen molar-refractivity contribution in [2.45, 2.75) is 32.9 Å². The smallest absolute Gasteiger partial charge is 0.407 e. The Kier molecular flexibility index (Phi) is 4.20. The van der Waals surface area contributed by atoms with E-state index in [1.807, 2.05) is 61.9 Å². The Labute approximate surface area is 140 Å². The van der Waals surface area contributed by atoms with Crippen LogP contribution in [0.3, 0.4) is 0 Å². The van der Waals surface area contributed by atoms with Crippen LogP contribution in [0.5, 0.6) is 0 Å². The Balaban J connectivity index is 1.76. The lowest BCUT2D eigenvalue weighted by molar-refractivity contribution is 0.0523. The van der Waals surface area contributed by atoms with Gasteiger partial charge in [0.25, 0.3) is 0 Å². The molecule has 6 heteroatoms. The summed E-state index contributed by atoms with van der Waals surface area (Å²) in [6.07, 6.45) is 3.00. The molecule has 2 aromatic heterocycles. The normalized spacial score (nSPS) is 11.5. The molecule has 0 fully saturated rings. The maximum Gasteiger partial charge on any atom is 0.407 e. The molecule has 124 valence electrons. The Morgan fingerprint density at radius 3 is 2.79 bits per heavy atom. The molecular weight excluding hydrogens is 304 g/mol. The van der Waals surface area contributed by atoms with E-state index < -0.39 is 11.7 Å². The predicted molar refractivity (Wildman–Crippen MR) is 91.9 cm³/mol. The second-order valence-electron chi connectivity index (χ2n) is 6.47. The number of fused-ring (bicyclic) bond motifs is 1. The lowest BCUT2D eigenvalue weighted by Gasteiger charge is -2.19. The van der Waals surface area contributed by atoms with Crippen LogP contribution in [0, 0.1) is 0 Å². The van der Waals surface area contributed by atoms with Crippen LogP contribution in [0.2, 0.25) is 0 Å². The number of alkyl carbamates (subject to hydrolysis) is 1. The fourth-order valence-electron chi connectivity index (χ4n) is 2.37. The van der Waals surface area contributed by atoms with Crippen LogP contribution in [0.25, 0.3) is 16.7 Å². The highest BCUT2D eigenvalue weighted by molar-refractivity contribution is 5.81. The minimum absolute atomic E-state index is 0.281. The van der Waals surface area contributed by atoms with Crippen LogP contribution in [-0.4, -0.2) is 26.2 Å². The summed E-state index contributed by atoms with van der Waals surface area (Å²) >= 11 is 0. The first-order valence-corrected chi connectivity index (χ1v) is 7.77. The third kappa shape index (κ3) is 3.71. The maximum atomic E-state index is 11.7. The lowest BCUT2D eigenvalue weighted by atomic mass is 10.2. The van der Waals surface area contributed by atoms with Crippen LogP contribution in [0.4, 0.5) is 4.79 Å². The molecule has 3 aromatic rings. The average molecular weight is 324 g/mol. The number of hydrogen-bond donors (Lipinski definition) is 1. The summed E-state index contributed by atoms with van der Waals surface area (Å²) in [7, 11) is 0. The van der Waals surface area contributed by atoms with Gasteiger partial charge in [-0.1, -0.05) is 18.2 Å². The molecule has 6 nitrogen and oxygen atoms in total. The van der Waals surface area contributed by atoms with Crippen molar-refractivity contribution in [2.24, 2.45) is 0 Å². The number of hydrogen-bond acceptors (Lipinski definition) is 4. The molecule has 0 spiro atoms. The van der Waals surface area contributed by atoms with Crippen molar-refractivity contribution in [3.63, 3.8) is 0 Å². The molecule has 0 atom stereocenters. The summed E-state index contributed by atoms with van der Waals surface area (Å²) in [5.41, 5.74) is 1.26. The van der Waals surface area contributed by atoms with Crippen molar-refractivity contribution in [1.82, 2.24) is 19.9 Å². The van der Waals surface area contributed by atoms with Crippen LogP contribution in [0.1, 0.15) is 26.5 Å². The topological polar surface area (TPSA) is 69.0 Å². The Hall–Kier alpha value is -2.89. The van der Waals surface area contributed by atoms with Gasteiger partial charge in [-0.25, -0.2) is 14.8 Å². The SMILES string of the molecule is CC(C)(C)OC(=O)NCc1cc(-n2ccc3ccccc32)ncn1. The second kappa shape index (κ2) is 6.31. The molecule has 3 rings (SSSR count). The molecule has 1 aromatic carbocycles. The quantitative estimate of drug-likeness (QED) is 0.801. The van der Waals surface area contributed by atoms with Gasteiger partial charge in [-0.15, -0.1) is 0 Å². The standard InChI is InChI=1S/C18H20N4O2/c1-18(2,3)24-17(23)19-11-14-10-16(21-12-20-14)22-9-8-13-6-4-5-7-15(13)22/h4-10,12H,11H2,1-3H3,(H,19,23). The molecule has 1 N–H and O–H groups in total. The first-order valence-electron chi connectivity index (χ1n) is 7.77. The Morgan fingerprint density at radius 1 is 1.21 bits per heavy atom. The molecule has 0 aliphatic rings. The molecule has 0 aliphatic heterocycles. The number of para-hydroxylation sites is 1. The third-order valence-corrected chi connectivity index (χ3v) is 3.37. The van der Waals surface area contributed by atoms with Crippen molar-refractivity contribution < 1.29 is 9.53 Å². The van der Waals surface area contributed by atoms with Crippen molar-refractivity contribution in [2.75, 3.05) is 0 Å². The van der Waals surface area contributed by atoms with E-state index >= 15 is 0 Å². The third-order valence-electron chi connectivity index (χ3n) is 3.37. The number of rotatable bonds is 3. The second-order valence-corrected chi connectivity index (χ2v) is 6.47. The zero-order chi connectivity index (χ0) is 17.2. The number of nitrogens with zero attached hydrogens (tertiary/aromatic N) is 3. The number of benzene rings is 1. The molecule has 0 aliphatic carbocycles. The average Bonchev–Trinajstić information content (AvgIpc) is 2.96. The molecule has 0 bridgehead atoms. The van der Waals surface area contributed by atoms with Crippen LogP contribution < -0.4 is 5.32 Å². The van der Waals surface area contributed by atoms with Crippen LogP contribution in [0.15, 0.2) is 48.9 Å². The Morgan fingerprint density at radius 2 is 2.00 bits per heavy atom. The lowest BCUT2D eigenvalue weighted by Crippen LogP contribution is -2.32. The fourth-order valence-corrected chi connectivity index (χ4v) is 2.37. The van der Waals surface area contributed by atoms with Crippen molar-refractivity contribution >= 4 is 17.0 Å². The molecule has 2 heterocycles. The summed E-state index contributed by atoms with van der Waals surface area (Å²) in [5.74, 6) is 0.757. The number of ether oxygens (including phenoxy) is 1. The van der Waals surface area contributed by atoms with E-state index in [1.54, 1.807) is 0 Å². The van der Waals surface area contributed by atoms with Gasteiger partial charge in [-0.2, -0.15) is 0 Å². The molecule has 0 saturated carbocycles. The maximum absolute atomic E-state index is 11.7. The highest BCUT2D eigenvalue weighted by Crippen LogP contribution is 2.19. The van der Waals surface area contributed by atoms with Gasteiger partial charge in [0.15, 0.2) is 0 Å².